The van der Waals surface area contributed by atoms with Crippen LogP contribution in [0.2, 0.25) is 0 Å². The van der Waals surface area contributed by atoms with Crippen LogP contribution in [0.5, 0.6) is 28.7 Å². The van der Waals surface area contributed by atoms with Gasteiger partial charge in [-0.25, -0.2) is 0 Å². The molecule has 53 heavy (non-hydrogen) atoms. The van der Waals surface area contributed by atoms with Crippen LogP contribution < -0.4 is 14.9 Å². The molecule has 0 radical (unpaired) electrons. The molecule has 0 unspecified atom stereocenters. The van der Waals surface area contributed by atoms with Crippen molar-refractivity contribution in [1.82, 2.24) is 0 Å². The van der Waals surface area contributed by atoms with E-state index in [0.717, 1.165) is 24.3 Å². The zero-order valence-electron chi connectivity index (χ0n) is 27.2. The second-order valence-electron chi connectivity index (χ2n) is 12.6. The SMILES string of the molecule is O=c1c(O[C@@H]2O[C@@H](CO)[C@@H](O)[C@@H](O)[C@H]2O[C@@H]2OC[C@H](O)[C@@H](O)[C@@H]2O)c(-c2ccc(O)c(O[C@@H]3O[C@H](CO)[C@@H](O)[C@H](O)[C@H]3O)c2)oc2cc(O)cc(O)c12. The molecule has 3 aliphatic heterocycles. The molecule has 2 aromatic carbocycles. The highest BCUT2D eigenvalue weighted by molar-refractivity contribution is 5.88. The highest BCUT2D eigenvalue weighted by Crippen LogP contribution is 2.41. The summed E-state index contributed by atoms with van der Waals surface area (Å²) in [6, 6.07) is 5.05. The van der Waals surface area contributed by atoms with E-state index in [9.17, 15) is 71.2 Å². The molecule has 0 saturated carbocycles. The van der Waals surface area contributed by atoms with E-state index in [4.69, 9.17) is 32.8 Å². The molecule has 21 nitrogen and oxygen atoms in total. The molecule has 3 aromatic rings. The van der Waals surface area contributed by atoms with Crippen molar-refractivity contribution >= 4 is 11.0 Å². The summed E-state index contributed by atoms with van der Waals surface area (Å²) in [4.78, 5) is 14.1. The zero-order valence-corrected chi connectivity index (χ0v) is 27.2. The van der Waals surface area contributed by atoms with Crippen LogP contribution >= 0.6 is 0 Å². The average Bonchev–Trinajstić information content (AvgIpc) is 3.12. The van der Waals surface area contributed by atoms with Crippen LogP contribution in [0.25, 0.3) is 22.3 Å². The number of ether oxygens (including phenoxy) is 6. The number of hydrogen-bond acceptors (Lipinski definition) is 21. The fourth-order valence-electron chi connectivity index (χ4n) is 6.07. The van der Waals surface area contributed by atoms with Gasteiger partial charge in [0.15, 0.2) is 29.7 Å². The Morgan fingerprint density at radius 1 is 0.679 bits per heavy atom. The lowest BCUT2D eigenvalue weighted by molar-refractivity contribution is -0.345. The topological polar surface area (TPSA) is 349 Å². The Balaban J connectivity index is 1.43. The van der Waals surface area contributed by atoms with Crippen molar-refractivity contribution in [2.75, 3.05) is 19.8 Å². The Bertz CT molecular complexity index is 1820. The molecule has 292 valence electrons. The summed E-state index contributed by atoms with van der Waals surface area (Å²) in [5.41, 5.74) is -1.68. The molecule has 1 aromatic heterocycles. The van der Waals surface area contributed by atoms with E-state index >= 15 is 0 Å². The highest BCUT2D eigenvalue weighted by atomic mass is 16.8. The molecule has 0 amide bonds. The quantitative estimate of drug-likeness (QED) is 0.0976. The van der Waals surface area contributed by atoms with Gasteiger partial charge in [-0.05, 0) is 18.2 Å². The minimum atomic E-state index is -1.99. The lowest BCUT2D eigenvalue weighted by Gasteiger charge is -2.44. The van der Waals surface area contributed by atoms with Gasteiger partial charge in [0.05, 0.1) is 19.8 Å². The van der Waals surface area contributed by atoms with Gasteiger partial charge in [0.2, 0.25) is 23.8 Å². The molecule has 3 fully saturated rings. The summed E-state index contributed by atoms with van der Waals surface area (Å²) in [6.45, 7) is -2.21. The third-order valence-corrected chi connectivity index (χ3v) is 9.04. The highest BCUT2D eigenvalue weighted by Gasteiger charge is 2.50. The number of aliphatic hydroxyl groups is 10. The Kier molecular flexibility index (Phi) is 11.3. The van der Waals surface area contributed by atoms with E-state index in [1.165, 1.54) is 6.07 Å². The van der Waals surface area contributed by atoms with Gasteiger partial charge in [-0.3, -0.25) is 4.79 Å². The average molecular weight is 759 g/mol. The van der Waals surface area contributed by atoms with Gasteiger partial charge >= 0.3 is 0 Å². The number of benzene rings is 2. The molecule has 3 saturated heterocycles. The molecule has 21 heteroatoms. The summed E-state index contributed by atoms with van der Waals surface area (Å²) in [7, 11) is 0. The van der Waals surface area contributed by atoms with Gasteiger partial charge in [-0.2, -0.15) is 0 Å². The number of aromatic hydroxyl groups is 3. The predicted octanol–water partition coefficient (Wildman–Crippen LogP) is -4.60. The van der Waals surface area contributed by atoms with E-state index < -0.39 is 157 Å². The molecule has 0 aliphatic carbocycles. The summed E-state index contributed by atoms with van der Waals surface area (Å²) in [6.07, 6.45) is -24.8. The maximum absolute atomic E-state index is 14.1. The Morgan fingerprint density at radius 2 is 1.32 bits per heavy atom. The Morgan fingerprint density at radius 3 is 2.00 bits per heavy atom. The van der Waals surface area contributed by atoms with E-state index in [0.29, 0.717) is 0 Å². The third-order valence-electron chi connectivity index (χ3n) is 9.04. The molecular formula is C32H38O21. The first-order chi connectivity index (χ1) is 25.1. The molecule has 0 spiro atoms. The maximum atomic E-state index is 14.1. The van der Waals surface area contributed by atoms with E-state index in [-0.39, 0.29) is 5.56 Å². The number of aliphatic hydroxyl groups excluding tert-OH is 10. The van der Waals surface area contributed by atoms with E-state index in [2.05, 4.69) is 0 Å². The summed E-state index contributed by atoms with van der Waals surface area (Å²) in [5, 5.41) is 133. The first kappa shape index (κ1) is 38.8. The third kappa shape index (κ3) is 7.33. The van der Waals surface area contributed by atoms with Crippen molar-refractivity contribution < 1.29 is 99.2 Å². The minimum Gasteiger partial charge on any atom is -0.508 e. The first-order valence-corrected chi connectivity index (χ1v) is 16.1. The lowest BCUT2D eigenvalue weighted by Crippen LogP contribution is -2.64. The van der Waals surface area contributed by atoms with Gasteiger partial charge < -0.3 is 99.2 Å². The van der Waals surface area contributed by atoms with Crippen LogP contribution in [0.4, 0.5) is 0 Å². The Labute approximate surface area is 296 Å². The Hall–Kier alpha value is -3.91. The van der Waals surface area contributed by atoms with Gasteiger partial charge in [0.25, 0.3) is 0 Å². The van der Waals surface area contributed by atoms with Crippen LogP contribution in [0, 0.1) is 0 Å². The molecule has 4 heterocycles. The van der Waals surface area contributed by atoms with E-state index in [1.54, 1.807) is 0 Å². The zero-order chi connectivity index (χ0) is 38.5. The molecule has 14 atom stereocenters. The standard InChI is InChI=1S/C32H38O21/c33-6-16-20(40)23(43)26(46)31(50-16)49-14-3-9(1-2-11(14)36)27-28(22(42)18-12(37)4-10(35)5-15(18)48-27)52-32-29(24(44)21(41)17(7-34)51-32)53-30-25(45)19(39)13(38)8-47-30/h1-5,13,16-17,19-21,23-26,29-41,43-46H,6-8H2/t13-,16+,17-,19+,20+,21+,23-,24+,25-,26+,29+,30-,31+,32-/m0/s1. The number of rotatable bonds is 9. The fraction of sp³-hybridized carbons (Fsp3) is 0.531. The minimum absolute atomic E-state index is 0.157. The second kappa shape index (κ2) is 15.4. The molecule has 0 bridgehead atoms. The smallest absolute Gasteiger partial charge is 0.239 e. The summed E-state index contributed by atoms with van der Waals surface area (Å²) < 4.78 is 39.3. The second-order valence-corrected chi connectivity index (χ2v) is 12.6. The normalized spacial score (nSPS) is 36.3. The van der Waals surface area contributed by atoms with Crippen LogP contribution in [-0.2, 0) is 18.9 Å². The van der Waals surface area contributed by atoms with Crippen molar-refractivity contribution in [2.24, 2.45) is 0 Å². The van der Waals surface area contributed by atoms with Gasteiger partial charge in [-0.15, -0.1) is 0 Å². The predicted molar refractivity (Wildman–Crippen MR) is 168 cm³/mol. The first-order valence-electron chi connectivity index (χ1n) is 16.1. The van der Waals surface area contributed by atoms with Gasteiger partial charge in [0, 0.05) is 17.7 Å². The van der Waals surface area contributed by atoms with Crippen molar-refractivity contribution in [3.8, 4) is 40.1 Å². The number of phenolic OH excluding ortho intramolecular Hbond substituents is 3. The van der Waals surface area contributed by atoms with Crippen LogP contribution in [0.3, 0.4) is 0 Å². The fourth-order valence-corrected chi connectivity index (χ4v) is 6.07. The van der Waals surface area contributed by atoms with Crippen molar-refractivity contribution in [2.45, 2.75) is 86.0 Å². The molecular weight excluding hydrogens is 720 g/mol. The van der Waals surface area contributed by atoms with Gasteiger partial charge in [0.1, 0.15) is 83.5 Å². The van der Waals surface area contributed by atoms with Crippen molar-refractivity contribution in [3.05, 3.63) is 40.6 Å². The summed E-state index contributed by atoms with van der Waals surface area (Å²) >= 11 is 0. The number of hydrogen-bond donors (Lipinski definition) is 13. The van der Waals surface area contributed by atoms with Gasteiger partial charge in [-0.1, -0.05) is 0 Å². The molecule has 6 rings (SSSR count). The van der Waals surface area contributed by atoms with Crippen LogP contribution in [-0.4, -0.2) is 172 Å². The summed E-state index contributed by atoms with van der Waals surface area (Å²) in [5.74, 6) is -3.69. The van der Waals surface area contributed by atoms with E-state index in [1.807, 2.05) is 0 Å². The van der Waals surface area contributed by atoms with Crippen LogP contribution in [0.1, 0.15) is 0 Å². The molecule has 13 N–H and O–H groups in total. The number of fused-ring (bicyclic) bond motifs is 1. The largest absolute Gasteiger partial charge is 0.508 e. The van der Waals surface area contributed by atoms with Crippen LogP contribution in [0.15, 0.2) is 39.5 Å². The van der Waals surface area contributed by atoms with Crippen molar-refractivity contribution in [3.63, 3.8) is 0 Å². The number of phenols is 3. The monoisotopic (exact) mass is 758 g/mol. The van der Waals surface area contributed by atoms with Crippen molar-refractivity contribution in [1.29, 1.82) is 0 Å². The lowest BCUT2D eigenvalue weighted by atomic mass is 9.98. The maximum Gasteiger partial charge on any atom is 0.239 e. The molecule has 3 aliphatic rings.